The Labute approximate surface area is 119 Å². The summed E-state index contributed by atoms with van der Waals surface area (Å²) in [5, 5.41) is 0. The third-order valence-electron chi connectivity index (χ3n) is 3.51. The van der Waals surface area contributed by atoms with E-state index in [4.69, 9.17) is 0 Å². The van der Waals surface area contributed by atoms with Crippen molar-refractivity contribution < 1.29 is 0 Å². The molecule has 0 aliphatic carbocycles. The maximum absolute atomic E-state index is 4.62. The van der Waals surface area contributed by atoms with E-state index in [1.807, 2.05) is 36.4 Å². The minimum Gasteiger partial charge on any atom is -0.334 e. The van der Waals surface area contributed by atoms with E-state index in [1.165, 1.54) is 26.4 Å². The first kappa shape index (κ1) is 13.8. The third-order valence-corrected chi connectivity index (χ3v) is 4.55. The normalized spacial score (nSPS) is 10.6. The van der Waals surface area contributed by atoms with Crippen LogP contribution >= 0.6 is 11.3 Å². The number of allylic oxidation sites excluding steroid dienone is 1. The monoisotopic (exact) mass is 272 g/mol. The van der Waals surface area contributed by atoms with E-state index in [9.17, 15) is 0 Å². The van der Waals surface area contributed by atoms with Gasteiger partial charge in [-0.05, 0) is 51.0 Å². The average molecular weight is 272 g/mol. The van der Waals surface area contributed by atoms with Crippen LogP contribution in [-0.2, 0) is 0 Å². The first-order valence-corrected chi connectivity index (χ1v) is 7.15. The lowest BCUT2D eigenvalue weighted by Gasteiger charge is -2.22. The lowest BCUT2D eigenvalue weighted by molar-refractivity contribution is 1.03. The summed E-state index contributed by atoms with van der Waals surface area (Å²) < 4.78 is 0. The van der Waals surface area contributed by atoms with Crippen molar-refractivity contribution in [2.75, 3.05) is 11.9 Å². The molecule has 2 aromatic rings. The van der Waals surface area contributed by atoms with Crippen molar-refractivity contribution in [1.82, 2.24) is 4.98 Å². The fraction of sp³-hybridized carbons (Fsp3) is 0.312. The molecule has 0 bridgehead atoms. The largest absolute Gasteiger partial charge is 0.334 e. The van der Waals surface area contributed by atoms with Crippen LogP contribution < -0.4 is 4.90 Å². The average Bonchev–Trinajstić information content (AvgIpc) is 2.78. The SMILES string of the molecule is C=C(C)N(C)c1ncc(-c2ccc(C)s2)c(C)c1C. The molecule has 0 atom stereocenters. The minimum atomic E-state index is 0.988. The quantitative estimate of drug-likeness (QED) is 0.804. The number of pyridine rings is 1. The van der Waals surface area contributed by atoms with Crippen molar-refractivity contribution in [3.05, 3.63) is 46.6 Å². The summed E-state index contributed by atoms with van der Waals surface area (Å²) in [4.78, 5) is 9.27. The molecule has 19 heavy (non-hydrogen) atoms. The second-order valence-corrected chi connectivity index (χ2v) is 6.24. The summed E-state index contributed by atoms with van der Waals surface area (Å²) in [5.74, 6) is 0.988. The zero-order chi connectivity index (χ0) is 14.2. The van der Waals surface area contributed by atoms with Gasteiger partial charge in [-0.1, -0.05) is 6.58 Å². The highest BCUT2D eigenvalue weighted by molar-refractivity contribution is 7.15. The molecule has 0 unspecified atom stereocenters. The van der Waals surface area contributed by atoms with Gasteiger partial charge in [-0.3, -0.25) is 0 Å². The van der Waals surface area contributed by atoms with E-state index in [-0.39, 0.29) is 0 Å². The molecule has 0 fully saturated rings. The van der Waals surface area contributed by atoms with Gasteiger partial charge in [0.25, 0.3) is 0 Å². The molecule has 0 amide bonds. The highest BCUT2D eigenvalue weighted by Crippen LogP contribution is 2.33. The zero-order valence-electron chi connectivity index (χ0n) is 12.2. The van der Waals surface area contributed by atoms with E-state index in [0.29, 0.717) is 0 Å². The van der Waals surface area contributed by atoms with Gasteiger partial charge in [-0.2, -0.15) is 0 Å². The van der Waals surface area contributed by atoms with Gasteiger partial charge in [-0.25, -0.2) is 4.98 Å². The number of aromatic nitrogens is 1. The van der Waals surface area contributed by atoms with Gasteiger partial charge in [0.1, 0.15) is 5.82 Å². The van der Waals surface area contributed by atoms with E-state index in [1.54, 1.807) is 0 Å². The Balaban J connectivity index is 2.51. The second kappa shape index (κ2) is 5.17. The summed E-state index contributed by atoms with van der Waals surface area (Å²) >= 11 is 1.81. The summed E-state index contributed by atoms with van der Waals surface area (Å²) in [6.07, 6.45) is 1.97. The van der Waals surface area contributed by atoms with Crippen LogP contribution in [0.25, 0.3) is 10.4 Å². The number of anilines is 1. The summed E-state index contributed by atoms with van der Waals surface area (Å²) in [6, 6.07) is 4.33. The summed E-state index contributed by atoms with van der Waals surface area (Å²) in [5.41, 5.74) is 4.73. The Morgan fingerprint density at radius 3 is 2.42 bits per heavy atom. The lowest BCUT2D eigenvalue weighted by Crippen LogP contribution is -2.16. The van der Waals surface area contributed by atoms with Gasteiger partial charge >= 0.3 is 0 Å². The number of thiophene rings is 1. The van der Waals surface area contributed by atoms with Crippen molar-refractivity contribution >= 4 is 17.2 Å². The number of hydrogen-bond acceptors (Lipinski definition) is 3. The zero-order valence-corrected chi connectivity index (χ0v) is 13.1. The van der Waals surface area contributed by atoms with Crippen LogP contribution in [0.2, 0.25) is 0 Å². The highest BCUT2D eigenvalue weighted by Gasteiger charge is 2.13. The second-order valence-electron chi connectivity index (χ2n) is 4.95. The Kier molecular flexibility index (Phi) is 3.76. The third kappa shape index (κ3) is 2.56. The van der Waals surface area contributed by atoms with Crippen molar-refractivity contribution in [2.24, 2.45) is 0 Å². The molecule has 3 heteroatoms. The van der Waals surface area contributed by atoms with Crippen molar-refractivity contribution in [3.8, 4) is 10.4 Å². The number of aryl methyl sites for hydroxylation is 1. The molecule has 0 saturated heterocycles. The molecule has 0 N–H and O–H groups in total. The Hall–Kier alpha value is -1.61. The van der Waals surface area contributed by atoms with Gasteiger partial charge in [0.05, 0.1) is 0 Å². The molecule has 2 aromatic heterocycles. The Morgan fingerprint density at radius 2 is 1.89 bits per heavy atom. The standard InChI is InChI=1S/C16H20N2S/c1-10(2)18(6)16-13(5)12(4)14(9-17-16)15-8-7-11(3)19-15/h7-9H,1H2,2-6H3. The first-order valence-electron chi connectivity index (χ1n) is 6.34. The molecule has 0 saturated carbocycles. The summed E-state index contributed by atoms with van der Waals surface area (Å²) in [7, 11) is 2.01. The minimum absolute atomic E-state index is 0.988. The predicted octanol–water partition coefficient (Wildman–Crippen LogP) is 4.71. The van der Waals surface area contributed by atoms with Crippen molar-refractivity contribution in [1.29, 1.82) is 0 Å². The van der Waals surface area contributed by atoms with Crippen molar-refractivity contribution in [2.45, 2.75) is 27.7 Å². The molecule has 0 aliphatic rings. The molecular formula is C16H20N2S. The number of rotatable bonds is 3. The van der Waals surface area contributed by atoms with Crippen LogP contribution in [0, 0.1) is 20.8 Å². The fourth-order valence-corrected chi connectivity index (χ4v) is 2.97. The summed E-state index contributed by atoms with van der Waals surface area (Å²) in [6.45, 7) is 12.4. The topological polar surface area (TPSA) is 16.1 Å². The molecule has 0 aliphatic heterocycles. The predicted molar refractivity (Wildman–Crippen MR) is 85.0 cm³/mol. The van der Waals surface area contributed by atoms with Crippen LogP contribution in [-0.4, -0.2) is 12.0 Å². The van der Waals surface area contributed by atoms with Crippen LogP contribution in [0.5, 0.6) is 0 Å². The van der Waals surface area contributed by atoms with Crippen molar-refractivity contribution in [3.63, 3.8) is 0 Å². The number of hydrogen-bond donors (Lipinski definition) is 0. The molecule has 2 rings (SSSR count). The Morgan fingerprint density at radius 1 is 1.21 bits per heavy atom. The highest BCUT2D eigenvalue weighted by atomic mass is 32.1. The van der Waals surface area contributed by atoms with Crippen LogP contribution in [0.15, 0.2) is 30.6 Å². The van der Waals surface area contributed by atoms with Gasteiger partial charge < -0.3 is 4.90 Å². The molecule has 0 aromatic carbocycles. The molecular weight excluding hydrogens is 252 g/mol. The van der Waals surface area contributed by atoms with E-state index in [0.717, 1.165) is 11.5 Å². The molecule has 100 valence electrons. The van der Waals surface area contributed by atoms with E-state index >= 15 is 0 Å². The van der Waals surface area contributed by atoms with Gasteiger partial charge in [0.15, 0.2) is 0 Å². The first-order chi connectivity index (χ1) is 8.91. The molecule has 2 nitrogen and oxygen atoms in total. The van der Waals surface area contributed by atoms with E-state index in [2.05, 4.69) is 44.5 Å². The van der Waals surface area contributed by atoms with Crippen LogP contribution in [0.1, 0.15) is 22.9 Å². The van der Waals surface area contributed by atoms with Gasteiger partial charge in [0, 0.05) is 34.3 Å². The Bertz CT molecular complexity index is 626. The molecule has 0 radical (unpaired) electrons. The van der Waals surface area contributed by atoms with Crippen LogP contribution in [0.4, 0.5) is 5.82 Å². The maximum atomic E-state index is 4.62. The van der Waals surface area contributed by atoms with Crippen LogP contribution in [0.3, 0.4) is 0 Å². The maximum Gasteiger partial charge on any atom is 0.135 e. The van der Waals surface area contributed by atoms with Gasteiger partial charge in [-0.15, -0.1) is 11.3 Å². The van der Waals surface area contributed by atoms with Gasteiger partial charge in [0.2, 0.25) is 0 Å². The smallest absolute Gasteiger partial charge is 0.135 e. The fourth-order valence-electron chi connectivity index (χ4n) is 2.04. The molecule has 0 spiro atoms. The number of nitrogens with zero attached hydrogens (tertiary/aromatic N) is 2. The lowest BCUT2D eigenvalue weighted by atomic mass is 10.0. The van der Waals surface area contributed by atoms with E-state index < -0.39 is 0 Å². The molecule has 2 heterocycles.